The highest BCUT2D eigenvalue weighted by Gasteiger charge is 2.29. The Kier molecular flexibility index (Phi) is 7.12. The third-order valence-corrected chi connectivity index (χ3v) is 3.93. The maximum Gasteiger partial charge on any atom is 0.446 e. The van der Waals surface area contributed by atoms with Gasteiger partial charge in [0.1, 0.15) is 5.75 Å². The first-order valence-corrected chi connectivity index (χ1v) is 8.75. The lowest BCUT2D eigenvalue weighted by Crippen LogP contribution is -2.28. The fraction of sp³-hybridized carbons (Fsp3) is 0.222. The van der Waals surface area contributed by atoms with E-state index in [1.54, 1.807) is 31.2 Å². The number of anilines is 1. The largest absolute Gasteiger partial charge is 0.484 e. The predicted molar refractivity (Wildman–Crippen MR) is 96.9 cm³/mol. The number of likely N-dealkylation sites (N-methyl/N-ethyl adjacent to an activating group) is 1. The van der Waals surface area contributed by atoms with Crippen LogP contribution in [0.2, 0.25) is 0 Å². The lowest BCUT2D eigenvalue weighted by atomic mass is 10.2. The van der Waals surface area contributed by atoms with E-state index in [0.29, 0.717) is 18.0 Å². The van der Waals surface area contributed by atoms with Crippen LogP contribution in [-0.4, -0.2) is 30.5 Å². The molecule has 0 bridgehead atoms. The van der Waals surface area contributed by atoms with Crippen molar-refractivity contribution in [2.45, 2.75) is 17.3 Å². The standard InChI is InChI=1S/C18H17F3N2O3S/c1-2-22-16(24)11-26-14-5-3-4-13(10-14)23-17(25)12-6-8-15(9-7-12)27-18(19,20)21/h3-10H,2,11H2,1H3,(H,22,24)(H,23,25). The molecule has 0 fully saturated rings. The maximum atomic E-state index is 12.3. The van der Waals surface area contributed by atoms with E-state index in [4.69, 9.17) is 4.74 Å². The fourth-order valence-corrected chi connectivity index (χ4v) is 2.61. The number of halogens is 3. The lowest BCUT2D eigenvalue weighted by molar-refractivity contribution is -0.122. The Labute approximate surface area is 158 Å². The number of nitrogens with one attached hydrogen (secondary N) is 2. The Balaban J connectivity index is 1.97. The fourth-order valence-electron chi connectivity index (χ4n) is 2.07. The first-order valence-electron chi connectivity index (χ1n) is 7.93. The van der Waals surface area contributed by atoms with Gasteiger partial charge < -0.3 is 15.4 Å². The van der Waals surface area contributed by atoms with Gasteiger partial charge >= 0.3 is 5.51 Å². The van der Waals surface area contributed by atoms with E-state index < -0.39 is 11.4 Å². The molecule has 0 spiro atoms. The molecule has 27 heavy (non-hydrogen) atoms. The predicted octanol–water partition coefficient (Wildman–Crippen LogP) is 4.07. The Morgan fingerprint density at radius 3 is 2.44 bits per heavy atom. The van der Waals surface area contributed by atoms with E-state index in [9.17, 15) is 22.8 Å². The Hall–Kier alpha value is -2.68. The van der Waals surface area contributed by atoms with Crippen LogP contribution < -0.4 is 15.4 Å². The molecule has 0 heterocycles. The molecular formula is C18H17F3N2O3S. The molecule has 2 rings (SSSR count). The molecule has 5 nitrogen and oxygen atoms in total. The Morgan fingerprint density at radius 2 is 1.81 bits per heavy atom. The number of carbonyl (C=O) groups is 2. The monoisotopic (exact) mass is 398 g/mol. The second kappa shape index (κ2) is 9.31. The topological polar surface area (TPSA) is 67.4 Å². The molecule has 2 amide bonds. The second-order valence-corrected chi connectivity index (χ2v) is 6.43. The number of hydrogen-bond acceptors (Lipinski definition) is 4. The van der Waals surface area contributed by atoms with Gasteiger partial charge in [-0.25, -0.2) is 0 Å². The molecule has 0 aliphatic rings. The van der Waals surface area contributed by atoms with Gasteiger partial charge in [-0.2, -0.15) is 13.2 Å². The van der Waals surface area contributed by atoms with Gasteiger partial charge in [0.25, 0.3) is 11.8 Å². The van der Waals surface area contributed by atoms with Crippen LogP contribution in [0.1, 0.15) is 17.3 Å². The van der Waals surface area contributed by atoms with Crippen molar-refractivity contribution in [1.29, 1.82) is 0 Å². The van der Waals surface area contributed by atoms with Crippen molar-refractivity contribution in [3.63, 3.8) is 0 Å². The van der Waals surface area contributed by atoms with Crippen molar-refractivity contribution in [2.24, 2.45) is 0 Å². The summed E-state index contributed by atoms with van der Waals surface area (Å²) in [4.78, 5) is 23.6. The summed E-state index contributed by atoms with van der Waals surface area (Å²) in [5.74, 6) is -0.334. The van der Waals surface area contributed by atoms with Crippen molar-refractivity contribution >= 4 is 29.3 Å². The number of rotatable bonds is 7. The van der Waals surface area contributed by atoms with E-state index in [2.05, 4.69) is 10.6 Å². The number of alkyl halides is 3. The van der Waals surface area contributed by atoms with Crippen molar-refractivity contribution < 1.29 is 27.5 Å². The molecule has 0 unspecified atom stereocenters. The van der Waals surface area contributed by atoms with Gasteiger partial charge in [0.05, 0.1) is 0 Å². The minimum Gasteiger partial charge on any atom is -0.484 e. The third-order valence-electron chi connectivity index (χ3n) is 3.19. The van der Waals surface area contributed by atoms with Crippen LogP contribution in [0.4, 0.5) is 18.9 Å². The number of hydrogen-bond donors (Lipinski definition) is 2. The SMILES string of the molecule is CCNC(=O)COc1cccc(NC(=O)c2ccc(SC(F)(F)F)cc2)c1. The Bertz CT molecular complexity index is 795. The second-order valence-electron chi connectivity index (χ2n) is 5.30. The minimum atomic E-state index is -4.38. The zero-order chi connectivity index (χ0) is 19.9. The first-order chi connectivity index (χ1) is 12.8. The summed E-state index contributed by atoms with van der Waals surface area (Å²) in [6.45, 7) is 2.14. The van der Waals surface area contributed by atoms with Gasteiger partial charge in [-0.05, 0) is 55.1 Å². The molecule has 2 N–H and O–H groups in total. The molecule has 0 saturated carbocycles. The highest BCUT2D eigenvalue weighted by molar-refractivity contribution is 8.00. The molecule has 9 heteroatoms. The van der Waals surface area contributed by atoms with Gasteiger partial charge in [-0.1, -0.05) is 6.07 Å². The number of amides is 2. The van der Waals surface area contributed by atoms with E-state index in [1.807, 2.05) is 0 Å². The molecule has 0 aliphatic heterocycles. The van der Waals surface area contributed by atoms with Crippen molar-refractivity contribution in [2.75, 3.05) is 18.5 Å². The molecule has 144 valence electrons. The van der Waals surface area contributed by atoms with Gasteiger partial charge in [-0.15, -0.1) is 0 Å². The summed E-state index contributed by atoms with van der Waals surface area (Å²) in [5, 5.41) is 5.23. The van der Waals surface area contributed by atoms with E-state index in [-0.39, 0.29) is 34.7 Å². The quantitative estimate of drug-likeness (QED) is 0.690. The van der Waals surface area contributed by atoms with Gasteiger partial charge in [-0.3, -0.25) is 9.59 Å². The third kappa shape index (κ3) is 7.22. The molecule has 0 aromatic heterocycles. The van der Waals surface area contributed by atoms with Crippen LogP contribution in [0.3, 0.4) is 0 Å². The smallest absolute Gasteiger partial charge is 0.446 e. The Morgan fingerprint density at radius 1 is 1.11 bits per heavy atom. The molecule has 2 aromatic rings. The number of thioether (sulfide) groups is 1. The summed E-state index contributed by atoms with van der Waals surface area (Å²) < 4.78 is 42.3. The molecule has 0 radical (unpaired) electrons. The molecule has 0 aliphatic carbocycles. The molecular weight excluding hydrogens is 381 g/mol. The van der Waals surface area contributed by atoms with Crippen molar-refractivity contribution in [3.8, 4) is 5.75 Å². The van der Waals surface area contributed by atoms with Crippen LogP contribution in [-0.2, 0) is 4.79 Å². The summed E-state index contributed by atoms with van der Waals surface area (Å²) in [5.41, 5.74) is -3.73. The van der Waals surface area contributed by atoms with Crippen LogP contribution in [0.25, 0.3) is 0 Å². The average molecular weight is 398 g/mol. The first kappa shape index (κ1) is 20.6. The normalized spacial score (nSPS) is 11.0. The summed E-state index contributed by atoms with van der Waals surface area (Å²) in [7, 11) is 0. The van der Waals surface area contributed by atoms with Crippen molar-refractivity contribution in [3.05, 3.63) is 54.1 Å². The summed E-state index contributed by atoms with van der Waals surface area (Å²) in [6.07, 6.45) is 0. The lowest BCUT2D eigenvalue weighted by Gasteiger charge is -2.10. The minimum absolute atomic E-state index is 0.000182. The number of carbonyl (C=O) groups excluding carboxylic acids is 2. The summed E-state index contributed by atoms with van der Waals surface area (Å²) >= 11 is -0.243. The van der Waals surface area contributed by atoms with E-state index in [1.165, 1.54) is 24.3 Å². The zero-order valence-corrected chi connectivity index (χ0v) is 15.1. The molecule has 0 atom stereocenters. The van der Waals surface area contributed by atoms with Crippen LogP contribution in [0, 0.1) is 0 Å². The van der Waals surface area contributed by atoms with Gasteiger partial charge in [0.15, 0.2) is 6.61 Å². The van der Waals surface area contributed by atoms with Gasteiger partial charge in [0, 0.05) is 28.8 Å². The average Bonchev–Trinajstić information content (AvgIpc) is 2.60. The zero-order valence-electron chi connectivity index (χ0n) is 14.3. The van der Waals surface area contributed by atoms with Gasteiger partial charge in [0.2, 0.25) is 0 Å². The number of ether oxygens (including phenoxy) is 1. The van der Waals surface area contributed by atoms with E-state index in [0.717, 1.165) is 0 Å². The molecule has 0 saturated heterocycles. The van der Waals surface area contributed by atoms with Crippen LogP contribution in [0.15, 0.2) is 53.4 Å². The number of benzene rings is 2. The summed E-state index contributed by atoms with van der Waals surface area (Å²) in [6, 6.07) is 11.6. The van der Waals surface area contributed by atoms with Crippen LogP contribution in [0.5, 0.6) is 5.75 Å². The van der Waals surface area contributed by atoms with Crippen LogP contribution >= 0.6 is 11.8 Å². The van der Waals surface area contributed by atoms with E-state index >= 15 is 0 Å². The maximum absolute atomic E-state index is 12.3. The highest BCUT2D eigenvalue weighted by atomic mass is 32.2. The highest BCUT2D eigenvalue weighted by Crippen LogP contribution is 2.36. The van der Waals surface area contributed by atoms with Crippen molar-refractivity contribution in [1.82, 2.24) is 5.32 Å². The molecule has 2 aromatic carbocycles.